The van der Waals surface area contributed by atoms with Crippen LogP contribution in [0.4, 0.5) is 11.6 Å². The molecule has 0 aliphatic rings. The maximum Gasteiger partial charge on any atom is 0.141 e. The van der Waals surface area contributed by atoms with E-state index in [1.54, 1.807) is 0 Å². The number of nitrogens with zero attached hydrogens (tertiary/aromatic N) is 3. The minimum Gasteiger partial charge on any atom is -0.396 e. The van der Waals surface area contributed by atoms with Crippen molar-refractivity contribution in [2.75, 3.05) is 17.7 Å². The molecule has 0 saturated carbocycles. The van der Waals surface area contributed by atoms with Gasteiger partial charge in [0.25, 0.3) is 0 Å². The molecule has 21 heavy (non-hydrogen) atoms. The highest BCUT2D eigenvalue weighted by atomic mass is 16.6. The zero-order chi connectivity index (χ0) is 15.1. The molecule has 1 aromatic heterocycles. The Hall–Kier alpha value is -2.63. The van der Waals surface area contributed by atoms with E-state index in [0.29, 0.717) is 23.8 Å². The Balaban J connectivity index is 2.21. The summed E-state index contributed by atoms with van der Waals surface area (Å²) in [5.74, 6) is 0.985. The number of benzene rings is 1. The molecule has 1 aromatic carbocycles. The van der Waals surface area contributed by atoms with Crippen LogP contribution in [0.5, 0.6) is 0 Å². The van der Waals surface area contributed by atoms with Gasteiger partial charge in [-0.3, -0.25) is 0 Å². The fraction of sp³-hybridized carbons (Fsp3) is 0.267. The predicted octanol–water partition coefficient (Wildman–Crippen LogP) is 2.60. The SMILES string of the molecule is CCO/N=C/c1c(N)ncnc1N[C@H](C)c1ccccc1. The molecule has 110 valence electrons. The molecule has 6 heteroatoms. The topological polar surface area (TPSA) is 85.4 Å². The average molecular weight is 285 g/mol. The van der Waals surface area contributed by atoms with E-state index in [1.807, 2.05) is 25.1 Å². The van der Waals surface area contributed by atoms with Crippen LogP contribution in [0.3, 0.4) is 0 Å². The van der Waals surface area contributed by atoms with Gasteiger partial charge in [0.1, 0.15) is 24.6 Å². The molecule has 0 unspecified atom stereocenters. The molecular formula is C15H19N5O. The van der Waals surface area contributed by atoms with E-state index in [0.717, 1.165) is 5.56 Å². The highest BCUT2D eigenvalue weighted by molar-refractivity contribution is 5.91. The first-order valence-electron chi connectivity index (χ1n) is 6.79. The zero-order valence-corrected chi connectivity index (χ0v) is 12.2. The summed E-state index contributed by atoms with van der Waals surface area (Å²) in [6.07, 6.45) is 2.95. The van der Waals surface area contributed by atoms with Crippen LogP contribution in [0, 0.1) is 0 Å². The molecule has 0 bridgehead atoms. The molecule has 0 aliphatic heterocycles. The summed E-state index contributed by atoms with van der Waals surface area (Å²) in [4.78, 5) is 13.2. The van der Waals surface area contributed by atoms with Crippen molar-refractivity contribution >= 4 is 17.9 Å². The van der Waals surface area contributed by atoms with Crippen molar-refractivity contribution in [1.82, 2.24) is 9.97 Å². The lowest BCUT2D eigenvalue weighted by molar-refractivity contribution is 0.160. The average Bonchev–Trinajstić information content (AvgIpc) is 2.51. The molecule has 1 heterocycles. The van der Waals surface area contributed by atoms with Crippen molar-refractivity contribution in [3.05, 3.63) is 47.8 Å². The Bertz CT molecular complexity index is 600. The Morgan fingerprint density at radius 1 is 1.33 bits per heavy atom. The van der Waals surface area contributed by atoms with Crippen molar-refractivity contribution in [2.45, 2.75) is 19.9 Å². The molecule has 0 radical (unpaired) electrons. The van der Waals surface area contributed by atoms with E-state index in [-0.39, 0.29) is 6.04 Å². The normalized spacial score (nSPS) is 12.3. The van der Waals surface area contributed by atoms with Crippen molar-refractivity contribution in [3.8, 4) is 0 Å². The lowest BCUT2D eigenvalue weighted by atomic mass is 10.1. The van der Waals surface area contributed by atoms with Gasteiger partial charge in [0, 0.05) is 6.04 Å². The van der Waals surface area contributed by atoms with E-state index in [9.17, 15) is 0 Å². The fourth-order valence-corrected chi connectivity index (χ4v) is 1.85. The molecule has 0 fully saturated rings. The number of aromatic nitrogens is 2. The van der Waals surface area contributed by atoms with Gasteiger partial charge in [-0.2, -0.15) is 0 Å². The summed E-state index contributed by atoms with van der Waals surface area (Å²) >= 11 is 0. The third-order valence-corrected chi connectivity index (χ3v) is 2.95. The van der Waals surface area contributed by atoms with Crippen LogP contribution < -0.4 is 11.1 Å². The number of hydrogen-bond donors (Lipinski definition) is 2. The highest BCUT2D eigenvalue weighted by Gasteiger charge is 2.11. The second-order valence-corrected chi connectivity index (χ2v) is 4.45. The molecule has 0 amide bonds. The van der Waals surface area contributed by atoms with E-state index >= 15 is 0 Å². The summed E-state index contributed by atoms with van der Waals surface area (Å²) in [5, 5.41) is 7.15. The molecule has 3 N–H and O–H groups in total. The van der Waals surface area contributed by atoms with Gasteiger partial charge in [0.15, 0.2) is 0 Å². The Morgan fingerprint density at radius 2 is 2.10 bits per heavy atom. The van der Waals surface area contributed by atoms with Gasteiger partial charge in [-0.25, -0.2) is 9.97 Å². The standard InChI is InChI=1S/C15H19N5O/c1-3-21-19-9-13-14(16)17-10-18-15(13)20-11(2)12-7-5-4-6-8-12/h4-11H,3H2,1-2H3,(H3,16,17,18,20)/b19-9+/t11-/m1/s1. The first kappa shape index (κ1) is 14.8. The summed E-state index contributed by atoms with van der Waals surface area (Å²) < 4.78 is 0. The van der Waals surface area contributed by atoms with Gasteiger partial charge in [-0.15, -0.1) is 0 Å². The summed E-state index contributed by atoms with van der Waals surface area (Å²) in [6, 6.07) is 10.2. The molecule has 0 saturated heterocycles. The van der Waals surface area contributed by atoms with Crippen molar-refractivity contribution in [2.24, 2.45) is 5.16 Å². The maximum absolute atomic E-state index is 5.88. The molecule has 0 spiro atoms. The van der Waals surface area contributed by atoms with Crippen LogP contribution in [0.25, 0.3) is 0 Å². The Labute approximate surface area is 124 Å². The van der Waals surface area contributed by atoms with Gasteiger partial charge in [0.05, 0.1) is 11.8 Å². The monoisotopic (exact) mass is 285 g/mol. The molecule has 2 aromatic rings. The van der Waals surface area contributed by atoms with Gasteiger partial charge in [-0.1, -0.05) is 35.5 Å². The smallest absolute Gasteiger partial charge is 0.141 e. The second kappa shape index (κ2) is 7.23. The van der Waals surface area contributed by atoms with Crippen LogP contribution >= 0.6 is 0 Å². The summed E-state index contributed by atoms with van der Waals surface area (Å²) in [6.45, 7) is 4.41. The first-order chi connectivity index (χ1) is 10.2. The lowest BCUT2D eigenvalue weighted by Crippen LogP contribution is -2.12. The number of nitrogens with two attached hydrogens (primary N) is 1. The van der Waals surface area contributed by atoms with E-state index in [4.69, 9.17) is 10.6 Å². The third kappa shape index (κ3) is 3.92. The number of oxime groups is 1. The van der Waals surface area contributed by atoms with E-state index in [2.05, 4.69) is 39.5 Å². The minimum atomic E-state index is 0.0831. The molecule has 2 rings (SSSR count). The van der Waals surface area contributed by atoms with Crippen LogP contribution in [0.15, 0.2) is 41.8 Å². The van der Waals surface area contributed by atoms with Crippen LogP contribution in [-0.2, 0) is 4.84 Å². The fourth-order valence-electron chi connectivity index (χ4n) is 1.85. The van der Waals surface area contributed by atoms with Crippen LogP contribution in [0.2, 0.25) is 0 Å². The largest absolute Gasteiger partial charge is 0.396 e. The summed E-state index contributed by atoms with van der Waals surface area (Å²) in [7, 11) is 0. The number of nitrogen functional groups attached to an aromatic ring is 1. The van der Waals surface area contributed by atoms with Gasteiger partial charge >= 0.3 is 0 Å². The number of nitrogens with one attached hydrogen (secondary N) is 1. The number of rotatable bonds is 6. The highest BCUT2D eigenvalue weighted by Crippen LogP contribution is 2.21. The number of hydrogen-bond acceptors (Lipinski definition) is 6. The van der Waals surface area contributed by atoms with Gasteiger partial charge < -0.3 is 15.9 Å². The Morgan fingerprint density at radius 3 is 2.81 bits per heavy atom. The third-order valence-electron chi connectivity index (χ3n) is 2.95. The molecule has 0 aliphatic carbocycles. The van der Waals surface area contributed by atoms with E-state index in [1.165, 1.54) is 12.5 Å². The molecular weight excluding hydrogens is 266 g/mol. The van der Waals surface area contributed by atoms with Gasteiger partial charge in [0.2, 0.25) is 0 Å². The zero-order valence-electron chi connectivity index (χ0n) is 12.2. The maximum atomic E-state index is 5.88. The van der Waals surface area contributed by atoms with Crippen LogP contribution in [0.1, 0.15) is 31.0 Å². The minimum absolute atomic E-state index is 0.0831. The molecule has 6 nitrogen and oxygen atoms in total. The van der Waals surface area contributed by atoms with E-state index < -0.39 is 0 Å². The quantitative estimate of drug-likeness (QED) is 0.629. The second-order valence-electron chi connectivity index (χ2n) is 4.45. The van der Waals surface area contributed by atoms with Crippen molar-refractivity contribution in [3.63, 3.8) is 0 Å². The number of anilines is 2. The summed E-state index contributed by atoms with van der Waals surface area (Å²) in [5.41, 5.74) is 7.65. The first-order valence-corrected chi connectivity index (χ1v) is 6.79. The lowest BCUT2D eigenvalue weighted by Gasteiger charge is -2.16. The van der Waals surface area contributed by atoms with Crippen LogP contribution in [-0.4, -0.2) is 22.8 Å². The van der Waals surface area contributed by atoms with Gasteiger partial charge in [-0.05, 0) is 19.4 Å². The predicted molar refractivity (Wildman–Crippen MR) is 84.1 cm³/mol. The molecule has 1 atom stereocenters. The van der Waals surface area contributed by atoms with Crippen molar-refractivity contribution in [1.29, 1.82) is 0 Å². The Kier molecular flexibility index (Phi) is 5.09. The van der Waals surface area contributed by atoms with Crippen molar-refractivity contribution < 1.29 is 4.84 Å².